The van der Waals surface area contributed by atoms with E-state index in [-0.39, 0.29) is 6.42 Å². The van der Waals surface area contributed by atoms with Gasteiger partial charge < -0.3 is 11.5 Å². The molecule has 1 amide bonds. The third kappa shape index (κ3) is 2.97. The molecular formula is C9H10BrClN2O. The van der Waals surface area contributed by atoms with Crippen LogP contribution in [0.4, 0.5) is 0 Å². The monoisotopic (exact) mass is 276 g/mol. The molecule has 3 nitrogen and oxygen atoms in total. The largest absolute Gasteiger partial charge is 0.370 e. The molecule has 1 rings (SSSR count). The third-order valence-electron chi connectivity index (χ3n) is 1.78. The van der Waals surface area contributed by atoms with E-state index in [1.54, 1.807) is 12.1 Å². The highest BCUT2D eigenvalue weighted by atomic mass is 79.9. The van der Waals surface area contributed by atoms with E-state index in [0.29, 0.717) is 5.02 Å². The molecule has 0 saturated heterocycles. The first-order valence-corrected chi connectivity index (χ1v) is 5.16. The van der Waals surface area contributed by atoms with Gasteiger partial charge in [-0.1, -0.05) is 27.5 Å². The van der Waals surface area contributed by atoms with Gasteiger partial charge in [0.05, 0.1) is 0 Å². The maximum atomic E-state index is 10.7. The van der Waals surface area contributed by atoms with Crippen LogP contribution in [0, 0.1) is 0 Å². The topological polar surface area (TPSA) is 69.1 Å². The van der Waals surface area contributed by atoms with Gasteiger partial charge in [0, 0.05) is 22.0 Å². The van der Waals surface area contributed by atoms with Crippen LogP contribution in [0.2, 0.25) is 5.02 Å². The second-order valence-corrected chi connectivity index (χ2v) is 4.27. The molecule has 0 aliphatic rings. The van der Waals surface area contributed by atoms with E-state index in [0.717, 1.165) is 10.0 Å². The van der Waals surface area contributed by atoms with Crippen LogP contribution in [-0.4, -0.2) is 5.91 Å². The van der Waals surface area contributed by atoms with Gasteiger partial charge in [0.1, 0.15) is 0 Å². The zero-order valence-electron chi connectivity index (χ0n) is 7.34. The number of amides is 1. The van der Waals surface area contributed by atoms with Crippen molar-refractivity contribution in [1.29, 1.82) is 0 Å². The standard InChI is InChI=1S/C9H10BrClN2O/c10-5-1-2-7(11)6(3-5)8(12)4-9(13)14/h1-3,8H,4,12H2,(H2,13,14)/t8-/m0/s1. The van der Waals surface area contributed by atoms with Crippen molar-refractivity contribution >= 4 is 33.4 Å². The first kappa shape index (κ1) is 11.5. The third-order valence-corrected chi connectivity index (χ3v) is 2.62. The summed E-state index contributed by atoms with van der Waals surface area (Å²) in [5.41, 5.74) is 11.5. The SMILES string of the molecule is NC(=O)C[C@H](N)c1cc(Br)ccc1Cl. The second-order valence-electron chi connectivity index (χ2n) is 2.94. The fourth-order valence-electron chi connectivity index (χ4n) is 1.13. The molecule has 0 unspecified atom stereocenters. The Morgan fingerprint density at radius 2 is 2.21 bits per heavy atom. The number of primary amides is 1. The number of benzene rings is 1. The molecule has 1 aromatic rings. The van der Waals surface area contributed by atoms with E-state index in [2.05, 4.69) is 15.9 Å². The lowest BCUT2D eigenvalue weighted by Gasteiger charge is -2.11. The van der Waals surface area contributed by atoms with Crippen molar-refractivity contribution < 1.29 is 4.79 Å². The van der Waals surface area contributed by atoms with E-state index in [4.69, 9.17) is 23.1 Å². The normalized spacial score (nSPS) is 12.5. The average molecular weight is 278 g/mol. The van der Waals surface area contributed by atoms with Crippen LogP contribution >= 0.6 is 27.5 Å². The summed E-state index contributed by atoms with van der Waals surface area (Å²) in [6, 6.07) is 4.87. The van der Waals surface area contributed by atoms with Gasteiger partial charge in [-0.3, -0.25) is 4.79 Å². The van der Waals surface area contributed by atoms with Crippen LogP contribution in [0.1, 0.15) is 18.0 Å². The number of hydrogen-bond donors (Lipinski definition) is 2. The minimum Gasteiger partial charge on any atom is -0.370 e. The van der Waals surface area contributed by atoms with Crippen molar-refractivity contribution in [2.75, 3.05) is 0 Å². The number of nitrogens with two attached hydrogens (primary N) is 2. The van der Waals surface area contributed by atoms with Gasteiger partial charge in [0.15, 0.2) is 0 Å². The molecule has 0 aromatic heterocycles. The summed E-state index contributed by atoms with van der Waals surface area (Å²) < 4.78 is 0.872. The molecule has 5 heteroatoms. The summed E-state index contributed by atoms with van der Waals surface area (Å²) in [6.45, 7) is 0. The Bertz CT molecular complexity index is 357. The van der Waals surface area contributed by atoms with Gasteiger partial charge in [0.25, 0.3) is 0 Å². The zero-order valence-corrected chi connectivity index (χ0v) is 9.68. The van der Waals surface area contributed by atoms with Crippen molar-refractivity contribution in [1.82, 2.24) is 0 Å². The molecular weight excluding hydrogens is 267 g/mol. The number of rotatable bonds is 3. The van der Waals surface area contributed by atoms with Gasteiger partial charge in [-0.25, -0.2) is 0 Å². The lowest BCUT2D eigenvalue weighted by Crippen LogP contribution is -2.20. The summed E-state index contributed by atoms with van der Waals surface area (Å²) in [6.07, 6.45) is 0.0934. The van der Waals surface area contributed by atoms with Crippen molar-refractivity contribution in [2.45, 2.75) is 12.5 Å². The van der Waals surface area contributed by atoms with Crippen molar-refractivity contribution in [3.63, 3.8) is 0 Å². The molecule has 0 aliphatic heterocycles. The van der Waals surface area contributed by atoms with Crippen LogP contribution in [-0.2, 0) is 4.79 Å². The summed E-state index contributed by atoms with van der Waals surface area (Å²) >= 11 is 9.22. The van der Waals surface area contributed by atoms with Crippen LogP contribution in [0.3, 0.4) is 0 Å². The number of hydrogen-bond acceptors (Lipinski definition) is 2. The van der Waals surface area contributed by atoms with Crippen LogP contribution in [0.5, 0.6) is 0 Å². The molecule has 0 aliphatic carbocycles. The molecule has 0 spiro atoms. The average Bonchev–Trinajstić information content (AvgIpc) is 2.08. The molecule has 0 fully saturated rings. The molecule has 4 N–H and O–H groups in total. The van der Waals surface area contributed by atoms with Crippen molar-refractivity contribution in [3.8, 4) is 0 Å². The fraction of sp³-hybridized carbons (Fsp3) is 0.222. The quantitative estimate of drug-likeness (QED) is 0.887. The van der Waals surface area contributed by atoms with Crippen LogP contribution < -0.4 is 11.5 Å². The summed E-state index contributed by atoms with van der Waals surface area (Å²) in [7, 11) is 0. The predicted octanol–water partition coefficient (Wildman–Crippen LogP) is 1.98. The number of carbonyl (C=O) groups excluding carboxylic acids is 1. The molecule has 0 heterocycles. The maximum absolute atomic E-state index is 10.7. The predicted molar refractivity (Wildman–Crippen MR) is 59.9 cm³/mol. The van der Waals surface area contributed by atoms with E-state index in [9.17, 15) is 4.79 Å². The molecule has 0 radical (unpaired) electrons. The summed E-state index contributed by atoms with van der Waals surface area (Å²) in [5, 5.41) is 0.543. The van der Waals surface area contributed by atoms with E-state index >= 15 is 0 Å². The fourth-order valence-corrected chi connectivity index (χ4v) is 1.76. The minimum atomic E-state index is -0.447. The Labute approximate surface area is 95.5 Å². The van der Waals surface area contributed by atoms with E-state index in [1.165, 1.54) is 0 Å². The van der Waals surface area contributed by atoms with Gasteiger partial charge in [-0.15, -0.1) is 0 Å². The number of halogens is 2. The van der Waals surface area contributed by atoms with Crippen molar-refractivity contribution in [3.05, 3.63) is 33.3 Å². The summed E-state index contributed by atoms with van der Waals surface area (Å²) in [5.74, 6) is -0.437. The Morgan fingerprint density at radius 3 is 2.79 bits per heavy atom. The molecule has 1 aromatic carbocycles. The Hall–Kier alpha value is -0.580. The van der Waals surface area contributed by atoms with Gasteiger partial charge in [-0.05, 0) is 23.8 Å². The maximum Gasteiger partial charge on any atom is 0.219 e. The van der Waals surface area contributed by atoms with Gasteiger partial charge in [0.2, 0.25) is 5.91 Å². The molecule has 0 saturated carbocycles. The second kappa shape index (κ2) is 4.77. The van der Waals surface area contributed by atoms with Crippen LogP contribution in [0.15, 0.2) is 22.7 Å². The molecule has 76 valence electrons. The molecule has 1 atom stereocenters. The first-order valence-electron chi connectivity index (χ1n) is 3.99. The van der Waals surface area contributed by atoms with E-state index < -0.39 is 11.9 Å². The highest BCUT2D eigenvalue weighted by molar-refractivity contribution is 9.10. The lowest BCUT2D eigenvalue weighted by molar-refractivity contribution is -0.118. The Balaban J connectivity index is 2.93. The highest BCUT2D eigenvalue weighted by Crippen LogP contribution is 2.26. The molecule has 0 bridgehead atoms. The van der Waals surface area contributed by atoms with E-state index in [1.807, 2.05) is 6.07 Å². The Kier molecular flexibility index (Phi) is 3.92. The minimum absolute atomic E-state index is 0.0934. The Morgan fingerprint density at radius 1 is 1.57 bits per heavy atom. The summed E-state index contributed by atoms with van der Waals surface area (Å²) in [4.78, 5) is 10.7. The van der Waals surface area contributed by atoms with Crippen molar-refractivity contribution in [2.24, 2.45) is 11.5 Å². The first-order chi connectivity index (χ1) is 6.50. The number of carbonyl (C=O) groups is 1. The smallest absolute Gasteiger partial charge is 0.219 e. The zero-order chi connectivity index (χ0) is 10.7. The van der Waals surface area contributed by atoms with Gasteiger partial charge in [-0.2, -0.15) is 0 Å². The highest BCUT2D eigenvalue weighted by Gasteiger charge is 2.12. The van der Waals surface area contributed by atoms with Crippen LogP contribution in [0.25, 0.3) is 0 Å². The molecule has 14 heavy (non-hydrogen) atoms. The van der Waals surface area contributed by atoms with Gasteiger partial charge >= 0.3 is 0 Å². The lowest BCUT2D eigenvalue weighted by atomic mass is 10.0.